The third-order valence-corrected chi connectivity index (χ3v) is 18.3. The quantitative estimate of drug-likeness (QED) is 0.159. The molecule has 4 nitrogen and oxygen atoms in total. The lowest BCUT2D eigenvalue weighted by molar-refractivity contribution is 0.673. The minimum Gasteiger partial charge on any atom is -0.455 e. The predicted molar refractivity (Wildman–Crippen MR) is 325 cm³/mol. The van der Waals surface area contributed by atoms with E-state index in [1.165, 1.54) is 62.2 Å². The molecule has 0 N–H and O–H groups in total. The van der Waals surface area contributed by atoms with Gasteiger partial charge < -0.3 is 18.6 Å². The number of anilines is 6. The van der Waals surface area contributed by atoms with E-state index < -0.39 is 6.85 Å². The van der Waals surface area contributed by atoms with Gasteiger partial charge in [-0.25, -0.2) is 0 Å². The third-order valence-electron chi connectivity index (χ3n) is 15.8. The molecular weight excluding hydrogens is 951 g/mol. The van der Waals surface area contributed by atoms with Gasteiger partial charge in [-0.1, -0.05) is 128 Å². The molecule has 356 valence electrons. The summed E-state index contributed by atoms with van der Waals surface area (Å²) in [5.41, 5.74) is 14.1. The van der Waals surface area contributed by atoms with Crippen molar-refractivity contribution in [3.8, 4) is 0 Å². The van der Waals surface area contributed by atoms with Crippen LogP contribution in [0.25, 0.3) is 111 Å². The number of aromatic nitrogens is 1. The van der Waals surface area contributed by atoms with E-state index in [0.717, 1.165) is 94.2 Å². The molecule has 0 aliphatic carbocycles. The summed E-state index contributed by atoms with van der Waals surface area (Å²) in [6.07, 6.45) is 0. The van der Waals surface area contributed by atoms with Crippen LogP contribution in [-0.4, -0.2) is 4.40 Å². The Labute approximate surface area is 444 Å². The van der Waals surface area contributed by atoms with E-state index in [1.54, 1.807) is 23.5 Å². The van der Waals surface area contributed by atoms with E-state index in [4.69, 9.17) is 8.53 Å². The molecular formula is C69H47N3OS2. The van der Waals surface area contributed by atoms with Crippen molar-refractivity contribution in [1.29, 1.82) is 0 Å². The monoisotopic (exact) mass is 1000 g/mol. The highest BCUT2D eigenvalue weighted by atomic mass is 32.1. The van der Waals surface area contributed by atoms with Crippen LogP contribution in [0, 0.1) is 13.8 Å². The molecule has 5 aromatic heterocycles. The number of fused-ring (bicyclic) bond motifs is 18. The van der Waals surface area contributed by atoms with Gasteiger partial charge in [0.05, 0.1) is 43.0 Å². The Morgan fingerprint density at radius 1 is 0.440 bits per heavy atom. The van der Waals surface area contributed by atoms with Gasteiger partial charge in [-0.2, -0.15) is 0 Å². The standard InChI is InChI=1S/C69H47N3OS2/c1-39(2)42-23-34-56-55(37-42)65-58(71(44-26-21-41(4)22-27-44)60-16-10-14-53-48-12-6-8-18-63(48)75-69(53)60)36-33-54-64-49-30-31-50-46-29-28-45(38-61(46)73-67(50)51(49)32-35-57(64)72(56)66(54)65)70(43-24-19-40(3)20-25-43)59-15-9-13-52-47-11-5-7-17-62(47)74-68(52)59/h5-39H,1-4H3/i4D3. The molecule has 16 rings (SSSR count). The zero-order chi connectivity index (χ0) is 52.3. The molecule has 0 amide bonds. The molecule has 0 bridgehead atoms. The Hall–Kier alpha value is -8.68. The average Bonchev–Trinajstić information content (AvgIpc) is 3.45. The molecule has 0 aliphatic heterocycles. The maximum Gasteiger partial charge on any atom is 0.143 e. The van der Waals surface area contributed by atoms with Crippen LogP contribution in [-0.2, 0) is 0 Å². The summed E-state index contributed by atoms with van der Waals surface area (Å²) in [4.78, 5) is 4.74. The van der Waals surface area contributed by atoms with Crippen molar-refractivity contribution in [3.63, 3.8) is 0 Å². The van der Waals surface area contributed by atoms with Gasteiger partial charge in [0.15, 0.2) is 0 Å². The second-order valence-corrected chi connectivity index (χ2v) is 22.6. The Morgan fingerprint density at radius 3 is 1.72 bits per heavy atom. The third kappa shape index (κ3) is 6.15. The molecule has 75 heavy (non-hydrogen) atoms. The van der Waals surface area contributed by atoms with Crippen LogP contribution in [0.15, 0.2) is 211 Å². The normalized spacial score (nSPS) is 13.1. The van der Waals surface area contributed by atoms with Crippen molar-refractivity contribution >= 4 is 168 Å². The lowest BCUT2D eigenvalue weighted by Crippen LogP contribution is -2.10. The zero-order valence-electron chi connectivity index (χ0n) is 44.3. The molecule has 0 aliphatic rings. The SMILES string of the molecule is [2H]C([2H])([2H])c1ccc(N(c2cccc3c2sc2ccccc23)c2ccc3c4c5ccc6c7ccc(N(c8ccc(C)cc8)c8cccc9c8sc8ccccc89)cc7oc6c5ccc4n4c5ccc(C(C)C)cc5c2c34)cc1. The maximum atomic E-state index is 8.27. The molecule has 5 heterocycles. The van der Waals surface area contributed by atoms with E-state index in [9.17, 15) is 0 Å². The van der Waals surface area contributed by atoms with Gasteiger partial charge in [-0.15, -0.1) is 22.7 Å². The largest absolute Gasteiger partial charge is 0.455 e. The number of benzene rings is 11. The van der Waals surface area contributed by atoms with Crippen LogP contribution < -0.4 is 9.80 Å². The number of hydrogen-bond donors (Lipinski definition) is 0. The highest BCUT2D eigenvalue weighted by molar-refractivity contribution is 7.26. The van der Waals surface area contributed by atoms with Gasteiger partial charge in [0.1, 0.15) is 11.2 Å². The van der Waals surface area contributed by atoms with Gasteiger partial charge in [0.25, 0.3) is 0 Å². The molecule has 0 fully saturated rings. The number of furan rings is 1. The fourth-order valence-electron chi connectivity index (χ4n) is 12.3. The van der Waals surface area contributed by atoms with Crippen molar-refractivity contribution in [2.45, 2.75) is 33.5 Å². The summed E-state index contributed by atoms with van der Waals surface area (Å²) in [5.74, 6) is 0.318. The van der Waals surface area contributed by atoms with Gasteiger partial charge in [-0.05, 0) is 128 Å². The van der Waals surface area contributed by atoms with Gasteiger partial charge in [0.2, 0.25) is 0 Å². The summed E-state index contributed by atoms with van der Waals surface area (Å²) in [5, 5.41) is 14.0. The van der Waals surface area contributed by atoms with Crippen LogP contribution in [0.2, 0.25) is 0 Å². The molecule has 0 atom stereocenters. The lowest BCUT2D eigenvalue weighted by atomic mass is 9.97. The van der Waals surface area contributed by atoms with Gasteiger partial charge in [-0.3, -0.25) is 0 Å². The Kier molecular flexibility index (Phi) is 8.44. The Bertz CT molecular complexity index is 5140. The second-order valence-electron chi connectivity index (χ2n) is 20.5. The van der Waals surface area contributed by atoms with E-state index in [2.05, 4.69) is 217 Å². The van der Waals surface area contributed by atoms with E-state index in [1.807, 2.05) is 23.5 Å². The molecule has 0 radical (unpaired) electrons. The first kappa shape index (κ1) is 39.8. The summed E-state index contributed by atoms with van der Waals surface area (Å²) < 4.78 is 39.3. The van der Waals surface area contributed by atoms with Crippen LogP contribution >= 0.6 is 22.7 Å². The first-order chi connectivity index (χ1) is 38.1. The number of rotatable bonds is 7. The van der Waals surface area contributed by atoms with Crippen molar-refractivity contribution in [2.75, 3.05) is 9.80 Å². The molecule has 0 unspecified atom stereocenters. The van der Waals surface area contributed by atoms with Crippen LogP contribution in [0.5, 0.6) is 0 Å². The Balaban J connectivity index is 0.925. The van der Waals surface area contributed by atoms with E-state index in [-0.39, 0.29) is 0 Å². The number of hydrogen-bond acceptors (Lipinski definition) is 5. The molecule has 6 heteroatoms. The molecule has 0 saturated carbocycles. The summed E-state index contributed by atoms with van der Waals surface area (Å²) in [6.45, 7) is 4.42. The van der Waals surface area contributed by atoms with Crippen molar-refractivity contribution in [2.24, 2.45) is 0 Å². The maximum absolute atomic E-state index is 8.27. The number of thiophene rings is 2. The minimum atomic E-state index is -2.23. The summed E-state index contributed by atoms with van der Waals surface area (Å²) in [6, 6.07) is 74.2. The van der Waals surface area contributed by atoms with Crippen molar-refractivity contribution in [3.05, 3.63) is 223 Å². The molecule has 0 spiro atoms. The average molecular weight is 1000 g/mol. The fourth-order valence-corrected chi connectivity index (χ4v) is 14.7. The van der Waals surface area contributed by atoms with Gasteiger partial charge >= 0.3 is 0 Å². The van der Waals surface area contributed by atoms with Crippen molar-refractivity contribution < 1.29 is 8.53 Å². The van der Waals surface area contributed by atoms with E-state index in [0.29, 0.717) is 11.5 Å². The molecule has 11 aromatic carbocycles. The molecule has 16 aromatic rings. The fraction of sp³-hybridized carbons (Fsp3) is 0.0725. The second kappa shape index (κ2) is 15.9. The van der Waals surface area contributed by atoms with E-state index >= 15 is 0 Å². The lowest BCUT2D eigenvalue weighted by Gasteiger charge is -2.27. The Morgan fingerprint density at radius 2 is 1.01 bits per heavy atom. The predicted octanol–water partition coefficient (Wildman–Crippen LogP) is 21.3. The number of nitrogens with zero attached hydrogens (tertiary/aromatic N) is 3. The number of aryl methyl sites for hydroxylation is 2. The highest BCUT2D eigenvalue weighted by Crippen LogP contribution is 2.52. The zero-order valence-corrected chi connectivity index (χ0v) is 42.9. The summed E-state index contributed by atoms with van der Waals surface area (Å²) in [7, 11) is 0. The first-order valence-electron chi connectivity index (χ1n) is 27.2. The first-order valence-corrected chi connectivity index (χ1v) is 27.3. The van der Waals surface area contributed by atoms with Gasteiger partial charge in [0, 0.05) is 95.9 Å². The van der Waals surface area contributed by atoms with Crippen LogP contribution in [0.3, 0.4) is 0 Å². The smallest absolute Gasteiger partial charge is 0.143 e. The topological polar surface area (TPSA) is 24.0 Å². The minimum absolute atomic E-state index is 0.314. The van der Waals surface area contributed by atoms with Crippen LogP contribution in [0.4, 0.5) is 34.1 Å². The molecule has 0 saturated heterocycles. The van der Waals surface area contributed by atoms with Crippen molar-refractivity contribution in [1.82, 2.24) is 4.40 Å². The van der Waals surface area contributed by atoms with Crippen LogP contribution in [0.1, 0.15) is 40.6 Å². The summed E-state index contributed by atoms with van der Waals surface area (Å²) >= 11 is 3.64. The highest BCUT2D eigenvalue weighted by Gasteiger charge is 2.28.